The van der Waals surface area contributed by atoms with E-state index in [4.69, 9.17) is 0 Å². The first-order valence-electron chi connectivity index (χ1n) is 5.92. The van der Waals surface area contributed by atoms with Crippen molar-refractivity contribution in [3.8, 4) is 0 Å². The summed E-state index contributed by atoms with van der Waals surface area (Å²) in [6.07, 6.45) is 0.714. The van der Waals surface area contributed by atoms with Gasteiger partial charge in [0, 0.05) is 24.2 Å². The van der Waals surface area contributed by atoms with Gasteiger partial charge in [-0.05, 0) is 42.1 Å². The van der Waals surface area contributed by atoms with Crippen molar-refractivity contribution >= 4 is 27.0 Å². The van der Waals surface area contributed by atoms with Crippen molar-refractivity contribution in [1.82, 2.24) is 4.72 Å². The smallest absolute Gasteiger partial charge is 0.240 e. The highest BCUT2D eigenvalue weighted by Gasteiger charge is 2.12. The van der Waals surface area contributed by atoms with Crippen molar-refractivity contribution in [3.05, 3.63) is 46.7 Å². The van der Waals surface area contributed by atoms with Gasteiger partial charge in [0.1, 0.15) is 0 Å². The maximum Gasteiger partial charge on any atom is 0.240 e. The topological polar surface area (TPSA) is 58.2 Å². The lowest BCUT2D eigenvalue weighted by molar-refractivity contribution is 0.582. The van der Waals surface area contributed by atoms with Crippen LogP contribution in [0, 0.1) is 0 Å². The third-order valence-electron chi connectivity index (χ3n) is 2.70. The number of sulfonamides is 1. The molecule has 0 amide bonds. The van der Waals surface area contributed by atoms with Crippen LogP contribution in [-0.2, 0) is 16.4 Å². The van der Waals surface area contributed by atoms with Gasteiger partial charge in [-0.2, -0.15) is 0 Å². The fourth-order valence-corrected chi connectivity index (χ4v) is 3.39. The molecule has 0 aliphatic rings. The van der Waals surface area contributed by atoms with Crippen molar-refractivity contribution in [2.75, 3.05) is 18.9 Å². The van der Waals surface area contributed by atoms with Crippen LogP contribution in [0.25, 0.3) is 0 Å². The second-order valence-electron chi connectivity index (χ2n) is 4.00. The first-order valence-corrected chi connectivity index (χ1v) is 8.28. The summed E-state index contributed by atoms with van der Waals surface area (Å²) < 4.78 is 26.7. The van der Waals surface area contributed by atoms with Crippen LogP contribution in [0.5, 0.6) is 0 Å². The molecule has 2 aromatic rings. The Balaban J connectivity index is 1.97. The van der Waals surface area contributed by atoms with Gasteiger partial charge < -0.3 is 5.32 Å². The minimum atomic E-state index is -3.41. The average molecular weight is 296 g/mol. The highest BCUT2D eigenvalue weighted by Crippen LogP contribution is 2.14. The largest absolute Gasteiger partial charge is 0.388 e. The van der Waals surface area contributed by atoms with Gasteiger partial charge in [0.25, 0.3) is 0 Å². The summed E-state index contributed by atoms with van der Waals surface area (Å²) in [7, 11) is -1.62. The molecule has 4 nitrogen and oxygen atoms in total. The number of hydrogen-bond acceptors (Lipinski definition) is 4. The molecule has 0 spiro atoms. The van der Waals surface area contributed by atoms with Crippen LogP contribution in [-0.4, -0.2) is 22.0 Å². The maximum absolute atomic E-state index is 12.0. The van der Waals surface area contributed by atoms with Gasteiger partial charge in [0.2, 0.25) is 10.0 Å². The number of benzene rings is 1. The molecule has 0 saturated carbocycles. The standard InChI is InChI=1S/C13H16N2O2S2/c1-14-11-4-6-13(7-5-11)19(16,17)15-9-8-12-3-2-10-18-12/h2-7,10,14-15H,8-9H2,1H3. The Morgan fingerprint density at radius 3 is 2.47 bits per heavy atom. The summed E-state index contributed by atoms with van der Waals surface area (Å²) in [6, 6.07) is 10.6. The number of nitrogens with one attached hydrogen (secondary N) is 2. The monoisotopic (exact) mass is 296 g/mol. The molecule has 0 bridgehead atoms. The molecule has 0 atom stereocenters. The third kappa shape index (κ3) is 3.79. The molecular formula is C13H16N2O2S2. The van der Waals surface area contributed by atoms with E-state index in [2.05, 4.69) is 10.0 Å². The van der Waals surface area contributed by atoms with Gasteiger partial charge in [-0.15, -0.1) is 11.3 Å². The van der Waals surface area contributed by atoms with Gasteiger partial charge in [0.15, 0.2) is 0 Å². The Labute approximate surface area is 117 Å². The molecule has 0 radical (unpaired) electrons. The minimum Gasteiger partial charge on any atom is -0.388 e. The molecular weight excluding hydrogens is 280 g/mol. The number of hydrogen-bond donors (Lipinski definition) is 2. The summed E-state index contributed by atoms with van der Waals surface area (Å²) in [4.78, 5) is 1.46. The normalized spacial score (nSPS) is 11.4. The first kappa shape index (κ1) is 14.0. The number of thiophene rings is 1. The van der Waals surface area contributed by atoms with Crippen LogP contribution >= 0.6 is 11.3 Å². The van der Waals surface area contributed by atoms with E-state index in [0.717, 1.165) is 5.69 Å². The van der Waals surface area contributed by atoms with Crippen molar-refractivity contribution in [2.45, 2.75) is 11.3 Å². The Morgan fingerprint density at radius 2 is 1.89 bits per heavy atom. The predicted octanol–water partition coefficient (Wildman–Crippen LogP) is 2.31. The third-order valence-corrected chi connectivity index (χ3v) is 5.11. The first-order chi connectivity index (χ1) is 9.12. The lowest BCUT2D eigenvalue weighted by Gasteiger charge is -2.07. The Morgan fingerprint density at radius 1 is 1.16 bits per heavy atom. The summed E-state index contributed by atoms with van der Waals surface area (Å²) in [6.45, 7) is 0.413. The molecule has 2 rings (SSSR count). The SMILES string of the molecule is CNc1ccc(S(=O)(=O)NCCc2cccs2)cc1. The van der Waals surface area contributed by atoms with Crippen LogP contribution < -0.4 is 10.0 Å². The summed E-state index contributed by atoms with van der Waals surface area (Å²) in [5.74, 6) is 0. The zero-order chi connectivity index (χ0) is 13.7. The molecule has 1 aromatic heterocycles. The molecule has 0 aliphatic carbocycles. The molecule has 2 N–H and O–H groups in total. The minimum absolute atomic E-state index is 0.290. The quantitative estimate of drug-likeness (QED) is 0.860. The van der Waals surface area contributed by atoms with Gasteiger partial charge in [0.05, 0.1) is 4.90 Å². The molecule has 19 heavy (non-hydrogen) atoms. The fraction of sp³-hybridized carbons (Fsp3) is 0.231. The van der Waals surface area contributed by atoms with E-state index in [9.17, 15) is 8.42 Å². The van der Waals surface area contributed by atoms with E-state index in [1.165, 1.54) is 4.88 Å². The van der Waals surface area contributed by atoms with E-state index in [1.807, 2.05) is 17.5 Å². The fourth-order valence-electron chi connectivity index (χ4n) is 1.65. The average Bonchev–Trinajstić information content (AvgIpc) is 2.92. The van der Waals surface area contributed by atoms with Crippen LogP contribution in [0.4, 0.5) is 5.69 Å². The van der Waals surface area contributed by atoms with Gasteiger partial charge in [-0.3, -0.25) is 0 Å². The van der Waals surface area contributed by atoms with Gasteiger partial charge in [-0.1, -0.05) is 6.07 Å². The van der Waals surface area contributed by atoms with Crippen molar-refractivity contribution in [2.24, 2.45) is 0 Å². The molecule has 1 aromatic carbocycles. The lowest BCUT2D eigenvalue weighted by Crippen LogP contribution is -2.25. The lowest BCUT2D eigenvalue weighted by atomic mass is 10.3. The Bertz CT molecular complexity index is 605. The van der Waals surface area contributed by atoms with Crippen LogP contribution in [0.1, 0.15) is 4.88 Å². The zero-order valence-electron chi connectivity index (χ0n) is 10.6. The van der Waals surface area contributed by atoms with Crippen molar-refractivity contribution in [1.29, 1.82) is 0 Å². The van der Waals surface area contributed by atoms with Crippen molar-refractivity contribution < 1.29 is 8.42 Å². The van der Waals surface area contributed by atoms with Crippen molar-refractivity contribution in [3.63, 3.8) is 0 Å². The van der Waals surface area contributed by atoms with Crippen LogP contribution in [0.15, 0.2) is 46.7 Å². The summed E-state index contributed by atoms with van der Waals surface area (Å²) in [5, 5.41) is 4.94. The van der Waals surface area contributed by atoms with E-state index < -0.39 is 10.0 Å². The van der Waals surface area contributed by atoms with E-state index in [0.29, 0.717) is 13.0 Å². The predicted molar refractivity (Wildman–Crippen MR) is 79.2 cm³/mol. The van der Waals surface area contributed by atoms with Gasteiger partial charge in [-0.25, -0.2) is 13.1 Å². The molecule has 0 unspecified atom stereocenters. The van der Waals surface area contributed by atoms with Crippen LogP contribution in [0.2, 0.25) is 0 Å². The number of rotatable bonds is 6. The van der Waals surface area contributed by atoms with Crippen LogP contribution in [0.3, 0.4) is 0 Å². The molecule has 6 heteroatoms. The molecule has 1 heterocycles. The summed E-state index contributed by atoms with van der Waals surface area (Å²) in [5.41, 5.74) is 0.887. The maximum atomic E-state index is 12.0. The molecule has 0 fully saturated rings. The second-order valence-corrected chi connectivity index (χ2v) is 6.80. The summed E-state index contributed by atoms with van der Waals surface area (Å²) >= 11 is 1.63. The Kier molecular flexibility index (Phi) is 4.57. The van der Waals surface area contributed by atoms with E-state index >= 15 is 0 Å². The highest BCUT2D eigenvalue weighted by molar-refractivity contribution is 7.89. The van der Waals surface area contributed by atoms with E-state index in [-0.39, 0.29) is 4.90 Å². The molecule has 102 valence electrons. The molecule has 0 aliphatic heterocycles. The highest BCUT2D eigenvalue weighted by atomic mass is 32.2. The zero-order valence-corrected chi connectivity index (χ0v) is 12.2. The molecule has 0 saturated heterocycles. The number of anilines is 1. The Hall–Kier alpha value is -1.37. The van der Waals surface area contributed by atoms with Gasteiger partial charge >= 0.3 is 0 Å². The van der Waals surface area contributed by atoms with E-state index in [1.54, 1.807) is 42.6 Å². The second kappa shape index (κ2) is 6.18.